The fourth-order valence-corrected chi connectivity index (χ4v) is 4.16. The van der Waals surface area contributed by atoms with Gasteiger partial charge in [0, 0.05) is 12.5 Å². The SMILES string of the molecule is C[C@H]1C(=O)[C@@H](NCc2ccccc2)[C@@H]2C[C@H]1C2(C)C. The first kappa shape index (κ1) is 12.9. The summed E-state index contributed by atoms with van der Waals surface area (Å²) in [5.74, 6) is 1.76. The predicted molar refractivity (Wildman–Crippen MR) is 76.6 cm³/mol. The summed E-state index contributed by atoms with van der Waals surface area (Å²) in [5, 5.41) is 3.51. The molecule has 4 rings (SSSR count). The van der Waals surface area contributed by atoms with Gasteiger partial charge in [0.25, 0.3) is 0 Å². The molecule has 0 aliphatic heterocycles. The summed E-state index contributed by atoms with van der Waals surface area (Å²) < 4.78 is 0. The first-order valence-electron chi connectivity index (χ1n) is 7.33. The molecular formula is C17H23NO. The van der Waals surface area contributed by atoms with Crippen LogP contribution in [0, 0.1) is 23.2 Å². The Morgan fingerprint density at radius 1 is 1.21 bits per heavy atom. The second-order valence-corrected chi connectivity index (χ2v) is 6.81. The number of fused-ring (bicyclic) bond motifs is 2. The van der Waals surface area contributed by atoms with E-state index in [2.05, 4.69) is 38.2 Å². The second-order valence-electron chi connectivity index (χ2n) is 6.81. The van der Waals surface area contributed by atoms with Crippen LogP contribution in [-0.4, -0.2) is 11.8 Å². The standard InChI is InChI=1S/C17H23NO/c1-11-13-9-14(17(13,2)3)15(16(11)19)18-10-12-7-5-4-6-8-12/h4-8,11,13-15,18H,9-10H2,1-3H3/t11-,13-,14+,15+/m1/s1. The summed E-state index contributed by atoms with van der Waals surface area (Å²) in [6.45, 7) is 7.56. The lowest BCUT2D eigenvalue weighted by atomic mass is 9.44. The van der Waals surface area contributed by atoms with E-state index in [9.17, 15) is 4.79 Å². The van der Waals surface area contributed by atoms with Crippen molar-refractivity contribution >= 4 is 5.78 Å². The summed E-state index contributed by atoms with van der Waals surface area (Å²) in [4.78, 5) is 12.4. The van der Waals surface area contributed by atoms with Gasteiger partial charge in [-0.05, 0) is 29.2 Å². The van der Waals surface area contributed by atoms with E-state index in [1.54, 1.807) is 0 Å². The summed E-state index contributed by atoms with van der Waals surface area (Å²) in [6, 6.07) is 10.4. The van der Waals surface area contributed by atoms with Gasteiger partial charge in [-0.3, -0.25) is 4.79 Å². The molecule has 3 aliphatic rings. The molecule has 1 N–H and O–H groups in total. The molecule has 0 saturated heterocycles. The number of carbonyl (C=O) groups excluding carboxylic acids is 1. The first-order chi connectivity index (χ1) is 9.01. The molecular weight excluding hydrogens is 234 g/mol. The number of Topliss-reactive ketones (excluding diaryl/α,β-unsaturated/α-hetero) is 1. The fraction of sp³-hybridized carbons (Fsp3) is 0.588. The van der Waals surface area contributed by atoms with Crippen molar-refractivity contribution in [1.82, 2.24) is 5.32 Å². The number of rotatable bonds is 3. The lowest BCUT2D eigenvalue weighted by Crippen LogP contribution is -2.66. The zero-order chi connectivity index (χ0) is 13.6. The summed E-state index contributed by atoms with van der Waals surface area (Å²) in [6.07, 6.45) is 1.21. The molecule has 4 atom stereocenters. The van der Waals surface area contributed by atoms with E-state index in [4.69, 9.17) is 0 Å². The maximum atomic E-state index is 12.4. The number of ketones is 1. The van der Waals surface area contributed by atoms with Gasteiger partial charge in [-0.15, -0.1) is 0 Å². The van der Waals surface area contributed by atoms with Crippen LogP contribution in [0.3, 0.4) is 0 Å². The quantitative estimate of drug-likeness (QED) is 0.902. The van der Waals surface area contributed by atoms with Gasteiger partial charge < -0.3 is 5.32 Å². The fourth-order valence-electron chi connectivity index (χ4n) is 4.16. The van der Waals surface area contributed by atoms with Crippen molar-refractivity contribution in [3.63, 3.8) is 0 Å². The van der Waals surface area contributed by atoms with Crippen molar-refractivity contribution in [3.8, 4) is 0 Å². The Morgan fingerprint density at radius 2 is 1.89 bits per heavy atom. The van der Waals surface area contributed by atoms with Crippen LogP contribution in [0.25, 0.3) is 0 Å². The van der Waals surface area contributed by atoms with E-state index in [-0.39, 0.29) is 12.0 Å². The Balaban J connectivity index is 1.71. The van der Waals surface area contributed by atoms with Gasteiger partial charge in [-0.1, -0.05) is 51.1 Å². The molecule has 0 spiro atoms. The maximum Gasteiger partial charge on any atom is 0.153 e. The Bertz CT molecular complexity index is 479. The molecule has 0 unspecified atom stereocenters. The lowest BCUT2D eigenvalue weighted by molar-refractivity contribution is -0.160. The predicted octanol–water partition coefficient (Wildman–Crippen LogP) is 3.03. The third kappa shape index (κ3) is 1.93. The molecule has 1 aromatic carbocycles. The topological polar surface area (TPSA) is 29.1 Å². The van der Waals surface area contributed by atoms with Gasteiger partial charge in [-0.25, -0.2) is 0 Å². The van der Waals surface area contributed by atoms with Crippen molar-refractivity contribution in [1.29, 1.82) is 0 Å². The third-order valence-electron chi connectivity index (χ3n) is 5.55. The smallest absolute Gasteiger partial charge is 0.153 e. The van der Waals surface area contributed by atoms with Crippen molar-refractivity contribution in [2.75, 3.05) is 0 Å². The van der Waals surface area contributed by atoms with Crippen LogP contribution in [0.4, 0.5) is 0 Å². The largest absolute Gasteiger partial charge is 0.303 e. The first-order valence-corrected chi connectivity index (χ1v) is 7.33. The van der Waals surface area contributed by atoms with Crippen molar-refractivity contribution in [3.05, 3.63) is 35.9 Å². The lowest BCUT2D eigenvalue weighted by Gasteiger charge is -2.61. The number of nitrogens with one attached hydrogen (secondary N) is 1. The monoisotopic (exact) mass is 257 g/mol. The van der Waals surface area contributed by atoms with E-state index >= 15 is 0 Å². The molecule has 3 fully saturated rings. The molecule has 2 heteroatoms. The molecule has 102 valence electrons. The van der Waals surface area contributed by atoms with Crippen LogP contribution in [0.2, 0.25) is 0 Å². The van der Waals surface area contributed by atoms with Crippen LogP contribution < -0.4 is 5.32 Å². The molecule has 0 radical (unpaired) electrons. The Hall–Kier alpha value is -1.15. The average Bonchev–Trinajstić information content (AvgIpc) is 2.40. The Morgan fingerprint density at radius 3 is 2.53 bits per heavy atom. The van der Waals surface area contributed by atoms with E-state index in [1.807, 2.05) is 18.2 Å². The number of hydrogen-bond acceptors (Lipinski definition) is 2. The third-order valence-corrected chi connectivity index (χ3v) is 5.55. The minimum atomic E-state index is 0.0511. The maximum absolute atomic E-state index is 12.4. The van der Waals surface area contributed by atoms with Gasteiger partial charge >= 0.3 is 0 Å². The van der Waals surface area contributed by atoms with Crippen molar-refractivity contribution in [2.45, 2.75) is 39.8 Å². The zero-order valence-corrected chi connectivity index (χ0v) is 12.0. The number of benzene rings is 1. The van der Waals surface area contributed by atoms with Crippen LogP contribution >= 0.6 is 0 Å². The van der Waals surface area contributed by atoms with E-state index in [0.29, 0.717) is 23.0 Å². The van der Waals surface area contributed by atoms with Crippen molar-refractivity contribution in [2.24, 2.45) is 23.2 Å². The molecule has 0 heterocycles. The van der Waals surface area contributed by atoms with E-state index in [0.717, 1.165) is 6.54 Å². The highest BCUT2D eigenvalue weighted by atomic mass is 16.1. The molecule has 0 amide bonds. The highest BCUT2D eigenvalue weighted by Gasteiger charge is 2.60. The summed E-state index contributed by atoms with van der Waals surface area (Å²) in [5.41, 5.74) is 1.57. The molecule has 1 aromatic rings. The molecule has 19 heavy (non-hydrogen) atoms. The average molecular weight is 257 g/mol. The van der Waals surface area contributed by atoms with Gasteiger partial charge in [0.1, 0.15) is 0 Å². The Labute approximate surface area is 115 Å². The van der Waals surface area contributed by atoms with Crippen molar-refractivity contribution < 1.29 is 4.79 Å². The van der Waals surface area contributed by atoms with Crippen LogP contribution in [0.5, 0.6) is 0 Å². The Kier molecular flexibility index (Phi) is 3.01. The normalized spacial score (nSPS) is 35.8. The van der Waals surface area contributed by atoms with Gasteiger partial charge in [0.05, 0.1) is 6.04 Å². The minimum Gasteiger partial charge on any atom is -0.303 e. The van der Waals surface area contributed by atoms with Crippen LogP contribution in [0.1, 0.15) is 32.8 Å². The molecule has 3 aliphatic carbocycles. The van der Waals surface area contributed by atoms with Gasteiger partial charge in [-0.2, -0.15) is 0 Å². The highest BCUT2D eigenvalue weighted by Crippen LogP contribution is 2.60. The van der Waals surface area contributed by atoms with Crippen LogP contribution in [-0.2, 0) is 11.3 Å². The number of hydrogen-bond donors (Lipinski definition) is 1. The number of carbonyl (C=O) groups is 1. The van der Waals surface area contributed by atoms with Gasteiger partial charge in [0.15, 0.2) is 5.78 Å². The molecule has 0 aromatic heterocycles. The zero-order valence-electron chi connectivity index (χ0n) is 12.0. The second kappa shape index (κ2) is 4.45. The summed E-state index contributed by atoms with van der Waals surface area (Å²) in [7, 11) is 0. The molecule has 2 bridgehead atoms. The summed E-state index contributed by atoms with van der Waals surface area (Å²) >= 11 is 0. The molecule has 3 saturated carbocycles. The minimum absolute atomic E-state index is 0.0511. The molecule has 2 nitrogen and oxygen atoms in total. The van der Waals surface area contributed by atoms with Gasteiger partial charge in [0.2, 0.25) is 0 Å². The highest BCUT2D eigenvalue weighted by molar-refractivity contribution is 5.89. The van der Waals surface area contributed by atoms with Crippen LogP contribution in [0.15, 0.2) is 30.3 Å². The van der Waals surface area contributed by atoms with E-state index in [1.165, 1.54) is 12.0 Å². The van der Waals surface area contributed by atoms with E-state index < -0.39 is 0 Å².